The highest BCUT2D eigenvalue weighted by atomic mass is 16.4. The van der Waals surface area contributed by atoms with Crippen molar-refractivity contribution in [3.8, 4) is 0 Å². The van der Waals surface area contributed by atoms with Gasteiger partial charge >= 0.3 is 5.97 Å². The van der Waals surface area contributed by atoms with Crippen LogP contribution in [0.2, 0.25) is 0 Å². The van der Waals surface area contributed by atoms with Gasteiger partial charge in [-0.05, 0) is 24.8 Å². The van der Waals surface area contributed by atoms with E-state index in [0.717, 1.165) is 18.5 Å². The molecule has 2 rings (SSSR count). The third kappa shape index (κ3) is 2.21. The maximum atomic E-state index is 11.2. The summed E-state index contributed by atoms with van der Waals surface area (Å²) in [7, 11) is 0. The van der Waals surface area contributed by atoms with Gasteiger partial charge in [-0.3, -0.25) is 4.79 Å². The Balaban J connectivity index is 2.29. The second-order valence-electron chi connectivity index (χ2n) is 4.70. The van der Waals surface area contributed by atoms with Gasteiger partial charge in [-0.25, -0.2) is 9.97 Å². The first-order chi connectivity index (χ1) is 7.59. The molecule has 0 amide bonds. The molecule has 0 spiro atoms. The standard InChI is InChI=1S/C12H16N2O2/c1-7(2)11(12(15)16)10-5-9(8-3-4-8)13-6-14-10/h5-8,11H,3-4H2,1-2H3,(H,15,16). The van der Waals surface area contributed by atoms with E-state index in [-0.39, 0.29) is 5.92 Å². The molecule has 0 aliphatic heterocycles. The van der Waals surface area contributed by atoms with Gasteiger partial charge < -0.3 is 5.11 Å². The topological polar surface area (TPSA) is 63.1 Å². The van der Waals surface area contributed by atoms with E-state index in [4.69, 9.17) is 0 Å². The van der Waals surface area contributed by atoms with Crippen LogP contribution in [-0.4, -0.2) is 21.0 Å². The van der Waals surface area contributed by atoms with Crippen LogP contribution in [0.15, 0.2) is 12.4 Å². The Labute approximate surface area is 94.7 Å². The van der Waals surface area contributed by atoms with Gasteiger partial charge in [0.15, 0.2) is 0 Å². The van der Waals surface area contributed by atoms with Crippen molar-refractivity contribution in [2.75, 3.05) is 0 Å². The number of carbonyl (C=O) groups is 1. The lowest BCUT2D eigenvalue weighted by molar-refractivity contribution is -0.140. The minimum Gasteiger partial charge on any atom is -0.481 e. The fraction of sp³-hybridized carbons (Fsp3) is 0.583. The molecule has 1 heterocycles. The third-order valence-electron chi connectivity index (χ3n) is 2.96. The zero-order valence-corrected chi connectivity index (χ0v) is 9.55. The molecular weight excluding hydrogens is 204 g/mol. The fourth-order valence-corrected chi connectivity index (χ4v) is 1.91. The van der Waals surface area contributed by atoms with Crippen LogP contribution < -0.4 is 0 Å². The van der Waals surface area contributed by atoms with Crippen LogP contribution in [0.4, 0.5) is 0 Å². The van der Waals surface area contributed by atoms with Crippen LogP contribution in [-0.2, 0) is 4.79 Å². The number of nitrogens with zero attached hydrogens (tertiary/aromatic N) is 2. The van der Waals surface area contributed by atoms with Crippen LogP contribution >= 0.6 is 0 Å². The van der Waals surface area contributed by atoms with Crippen LogP contribution in [0.1, 0.15) is 49.9 Å². The SMILES string of the molecule is CC(C)C(C(=O)O)c1cc(C2CC2)ncn1. The normalized spacial score (nSPS) is 17.4. The molecular formula is C12H16N2O2. The van der Waals surface area contributed by atoms with Crippen molar-refractivity contribution in [1.29, 1.82) is 0 Å². The minimum absolute atomic E-state index is 0.0412. The Hall–Kier alpha value is -1.45. The molecule has 0 saturated heterocycles. The monoisotopic (exact) mass is 220 g/mol. The number of hydrogen-bond acceptors (Lipinski definition) is 3. The highest BCUT2D eigenvalue weighted by Gasteiger charge is 2.29. The van der Waals surface area contributed by atoms with Crippen LogP contribution in [0.5, 0.6) is 0 Å². The van der Waals surface area contributed by atoms with Crippen molar-refractivity contribution in [1.82, 2.24) is 9.97 Å². The van der Waals surface area contributed by atoms with Crippen molar-refractivity contribution >= 4 is 5.97 Å². The van der Waals surface area contributed by atoms with E-state index in [1.807, 2.05) is 19.9 Å². The molecule has 1 aliphatic rings. The summed E-state index contributed by atoms with van der Waals surface area (Å²) < 4.78 is 0. The molecule has 4 nitrogen and oxygen atoms in total. The zero-order chi connectivity index (χ0) is 11.7. The molecule has 1 atom stereocenters. The lowest BCUT2D eigenvalue weighted by Gasteiger charge is -2.15. The molecule has 4 heteroatoms. The first-order valence-corrected chi connectivity index (χ1v) is 5.64. The van der Waals surface area contributed by atoms with E-state index in [1.54, 1.807) is 0 Å². The fourth-order valence-electron chi connectivity index (χ4n) is 1.91. The largest absolute Gasteiger partial charge is 0.481 e. The van der Waals surface area contributed by atoms with Crippen molar-refractivity contribution in [2.24, 2.45) is 5.92 Å². The van der Waals surface area contributed by atoms with Crippen LogP contribution in [0.3, 0.4) is 0 Å². The van der Waals surface area contributed by atoms with E-state index in [2.05, 4.69) is 9.97 Å². The minimum atomic E-state index is -0.810. The average Bonchev–Trinajstić information content (AvgIpc) is 2.99. The van der Waals surface area contributed by atoms with E-state index in [1.165, 1.54) is 6.33 Å². The summed E-state index contributed by atoms with van der Waals surface area (Å²) in [5.74, 6) is -0.765. The molecule has 1 aromatic heterocycles. The molecule has 1 fully saturated rings. The number of aliphatic carboxylic acids is 1. The number of carboxylic acids is 1. The lowest BCUT2D eigenvalue weighted by Crippen LogP contribution is -2.19. The zero-order valence-electron chi connectivity index (χ0n) is 9.55. The van der Waals surface area contributed by atoms with E-state index < -0.39 is 11.9 Å². The number of hydrogen-bond donors (Lipinski definition) is 1. The quantitative estimate of drug-likeness (QED) is 0.844. The number of aromatic nitrogens is 2. The van der Waals surface area contributed by atoms with E-state index in [9.17, 15) is 9.90 Å². The summed E-state index contributed by atoms with van der Waals surface area (Å²) in [6.45, 7) is 3.80. The summed E-state index contributed by atoms with van der Waals surface area (Å²) in [6.07, 6.45) is 3.81. The molecule has 0 radical (unpaired) electrons. The van der Waals surface area contributed by atoms with Crippen molar-refractivity contribution in [3.05, 3.63) is 23.8 Å². The summed E-state index contributed by atoms with van der Waals surface area (Å²) in [5, 5.41) is 9.18. The van der Waals surface area contributed by atoms with Crippen LogP contribution in [0, 0.1) is 5.92 Å². The maximum absolute atomic E-state index is 11.2. The highest BCUT2D eigenvalue weighted by Crippen LogP contribution is 2.39. The van der Waals surface area contributed by atoms with Gasteiger partial charge in [-0.15, -0.1) is 0 Å². The molecule has 1 unspecified atom stereocenters. The molecule has 1 N–H and O–H groups in total. The Morgan fingerprint density at radius 1 is 1.44 bits per heavy atom. The molecule has 86 valence electrons. The highest BCUT2D eigenvalue weighted by molar-refractivity contribution is 5.75. The van der Waals surface area contributed by atoms with Gasteiger partial charge in [0.2, 0.25) is 0 Å². The van der Waals surface area contributed by atoms with Crippen molar-refractivity contribution < 1.29 is 9.90 Å². The maximum Gasteiger partial charge on any atom is 0.312 e. The first kappa shape index (κ1) is 11.0. The smallest absolute Gasteiger partial charge is 0.312 e. The number of carboxylic acid groups (broad SMARTS) is 1. The Morgan fingerprint density at radius 3 is 2.62 bits per heavy atom. The number of rotatable bonds is 4. The lowest BCUT2D eigenvalue weighted by atomic mass is 9.92. The molecule has 0 aromatic carbocycles. The second kappa shape index (κ2) is 4.20. The average molecular weight is 220 g/mol. The summed E-state index contributed by atoms with van der Waals surface area (Å²) >= 11 is 0. The van der Waals surface area contributed by atoms with Crippen LogP contribution in [0.25, 0.3) is 0 Å². The molecule has 0 bridgehead atoms. The van der Waals surface area contributed by atoms with Crippen molar-refractivity contribution in [3.63, 3.8) is 0 Å². The Morgan fingerprint density at radius 2 is 2.12 bits per heavy atom. The van der Waals surface area contributed by atoms with Gasteiger partial charge in [0, 0.05) is 11.6 Å². The van der Waals surface area contributed by atoms with Gasteiger partial charge in [0.05, 0.1) is 5.69 Å². The van der Waals surface area contributed by atoms with Crippen molar-refractivity contribution in [2.45, 2.75) is 38.5 Å². The van der Waals surface area contributed by atoms with Gasteiger partial charge in [0.25, 0.3) is 0 Å². The molecule has 16 heavy (non-hydrogen) atoms. The predicted molar refractivity (Wildman–Crippen MR) is 59.2 cm³/mol. The molecule has 1 saturated carbocycles. The molecule has 1 aromatic rings. The van der Waals surface area contributed by atoms with Gasteiger partial charge in [0.1, 0.15) is 12.2 Å². The van der Waals surface area contributed by atoms with E-state index >= 15 is 0 Å². The van der Waals surface area contributed by atoms with Gasteiger partial charge in [-0.1, -0.05) is 13.8 Å². The van der Waals surface area contributed by atoms with Gasteiger partial charge in [-0.2, -0.15) is 0 Å². The first-order valence-electron chi connectivity index (χ1n) is 5.64. The summed E-state index contributed by atoms with van der Waals surface area (Å²) in [5.41, 5.74) is 1.64. The molecule has 1 aliphatic carbocycles. The Kier molecular flexibility index (Phi) is 2.90. The van der Waals surface area contributed by atoms with E-state index in [0.29, 0.717) is 11.6 Å². The Bertz CT molecular complexity index is 400. The third-order valence-corrected chi connectivity index (χ3v) is 2.96. The summed E-state index contributed by atoms with van der Waals surface area (Å²) in [6, 6.07) is 1.86. The predicted octanol–water partition coefficient (Wildman–Crippen LogP) is 2.18. The second-order valence-corrected chi connectivity index (χ2v) is 4.70. The summed E-state index contributed by atoms with van der Waals surface area (Å²) in [4.78, 5) is 19.5.